The summed E-state index contributed by atoms with van der Waals surface area (Å²) in [6.45, 7) is 4.55. The van der Waals surface area contributed by atoms with E-state index in [0.29, 0.717) is 0 Å². The van der Waals surface area contributed by atoms with Crippen molar-refractivity contribution < 1.29 is 0 Å². The summed E-state index contributed by atoms with van der Waals surface area (Å²) >= 11 is 0. The monoisotopic (exact) mass is 552 g/mol. The number of benzene rings is 6. The van der Waals surface area contributed by atoms with Gasteiger partial charge in [-0.05, 0) is 91.9 Å². The van der Waals surface area contributed by atoms with Crippen LogP contribution in [-0.4, -0.2) is 0 Å². The summed E-state index contributed by atoms with van der Waals surface area (Å²) in [5.74, 6) is 0. The van der Waals surface area contributed by atoms with E-state index in [4.69, 9.17) is 0 Å². The molecule has 0 nitrogen and oxygen atoms in total. The maximum Gasteiger partial charge on any atom is 0.0218 e. The lowest BCUT2D eigenvalue weighted by molar-refractivity contribution is 0.616. The van der Waals surface area contributed by atoms with Gasteiger partial charge in [-0.3, -0.25) is 0 Å². The molecule has 208 valence electrons. The van der Waals surface area contributed by atoms with E-state index in [1.165, 1.54) is 66.1 Å². The lowest BCUT2D eigenvalue weighted by atomic mass is 9.66. The first-order valence-corrected chi connectivity index (χ1v) is 15.4. The summed E-state index contributed by atoms with van der Waals surface area (Å²) in [6.07, 6.45) is 11.1. The molecule has 0 saturated carbocycles. The van der Waals surface area contributed by atoms with Crippen LogP contribution in [0, 0.1) is 0 Å². The summed E-state index contributed by atoms with van der Waals surface area (Å²) in [4.78, 5) is 0. The molecular weight excluding hydrogens is 516 g/mol. The summed E-state index contributed by atoms with van der Waals surface area (Å²) in [6, 6.07) is 49.0. The van der Waals surface area contributed by atoms with Gasteiger partial charge in [0, 0.05) is 5.41 Å². The highest BCUT2D eigenvalue weighted by Gasteiger charge is 2.35. The Kier molecular flexibility index (Phi) is 7.13. The third-order valence-electron chi connectivity index (χ3n) is 9.14. The topological polar surface area (TPSA) is 0 Å². The minimum absolute atomic E-state index is 0.173. The fourth-order valence-electron chi connectivity index (χ4n) is 7.12. The van der Waals surface area contributed by atoms with Crippen molar-refractivity contribution in [1.82, 2.24) is 0 Å². The molecule has 1 aliphatic carbocycles. The molecule has 0 spiro atoms. The van der Waals surface area contributed by atoms with Crippen LogP contribution < -0.4 is 0 Å². The Balaban J connectivity index is 1.57. The lowest BCUT2D eigenvalue weighted by Gasteiger charge is -2.37. The molecule has 6 aromatic rings. The Morgan fingerprint density at radius 3 is 1.67 bits per heavy atom. The summed E-state index contributed by atoms with van der Waals surface area (Å²) in [7, 11) is 0. The summed E-state index contributed by atoms with van der Waals surface area (Å²) < 4.78 is 0. The molecule has 0 bridgehead atoms. The zero-order valence-corrected chi connectivity index (χ0v) is 24.9. The molecule has 0 heterocycles. The third kappa shape index (κ3) is 4.74. The van der Waals surface area contributed by atoms with E-state index in [1.54, 1.807) is 0 Å². The number of allylic oxidation sites excluding steroid dienone is 6. The molecule has 7 rings (SSSR count). The van der Waals surface area contributed by atoms with Crippen LogP contribution in [0.3, 0.4) is 0 Å². The van der Waals surface area contributed by atoms with Crippen molar-refractivity contribution >= 4 is 27.1 Å². The molecule has 1 atom stereocenters. The molecule has 0 fully saturated rings. The zero-order chi connectivity index (χ0) is 29.2. The predicted octanol–water partition coefficient (Wildman–Crippen LogP) is 12.0. The maximum atomic E-state index is 2.51. The Morgan fingerprint density at radius 1 is 0.581 bits per heavy atom. The largest absolute Gasteiger partial charge is 0.0913 e. The van der Waals surface area contributed by atoms with Gasteiger partial charge in [0.15, 0.2) is 0 Å². The van der Waals surface area contributed by atoms with E-state index in [0.717, 1.165) is 12.8 Å². The molecule has 6 aromatic carbocycles. The van der Waals surface area contributed by atoms with Gasteiger partial charge in [0.2, 0.25) is 0 Å². The summed E-state index contributed by atoms with van der Waals surface area (Å²) in [5.41, 5.74) is 10.4. The molecular formula is C43H36. The van der Waals surface area contributed by atoms with Crippen LogP contribution >= 0.6 is 0 Å². The van der Waals surface area contributed by atoms with Crippen molar-refractivity contribution in [3.8, 4) is 22.3 Å². The van der Waals surface area contributed by atoms with Crippen molar-refractivity contribution in [2.45, 2.75) is 32.1 Å². The fourth-order valence-corrected chi connectivity index (χ4v) is 7.12. The highest BCUT2D eigenvalue weighted by Crippen LogP contribution is 2.50. The van der Waals surface area contributed by atoms with E-state index >= 15 is 0 Å². The molecule has 0 aliphatic heterocycles. The molecule has 0 amide bonds. The second kappa shape index (κ2) is 11.4. The zero-order valence-electron chi connectivity index (χ0n) is 24.9. The van der Waals surface area contributed by atoms with Crippen molar-refractivity contribution in [3.63, 3.8) is 0 Å². The van der Waals surface area contributed by atoms with Gasteiger partial charge >= 0.3 is 0 Å². The van der Waals surface area contributed by atoms with E-state index in [9.17, 15) is 0 Å². The smallest absolute Gasteiger partial charge is 0.0218 e. The minimum Gasteiger partial charge on any atom is -0.0913 e. The molecule has 0 aromatic heterocycles. The molecule has 0 heteroatoms. The molecule has 0 radical (unpaired) electrons. The van der Waals surface area contributed by atoms with Crippen molar-refractivity contribution in [2.24, 2.45) is 0 Å². The van der Waals surface area contributed by atoms with Gasteiger partial charge in [-0.25, -0.2) is 0 Å². The van der Waals surface area contributed by atoms with Crippen LogP contribution in [0.2, 0.25) is 0 Å². The van der Waals surface area contributed by atoms with Gasteiger partial charge in [0.1, 0.15) is 0 Å². The highest BCUT2D eigenvalue weighted by atomic mass is 14.4. The Bertz CT molecular complexity index is 2010. The van der Waals surface area contributed by atoms with Crippen molar-refractivity contribution in [1.29, 1.82) is 0 Å². The van der Waals surface area contributed by atoms with Gasteiger partial charge in [-0.2, -0.15) is 0 Å². The Morgan fingerprint density at radius 2 is 1.09 bits per heavy atom. The van der Waals surface area contributed by atoms with E-state index in [2.05, 4.69) is 172 Å². The SMILES string of the molecule is C/C=C\CC1=C(c2ccccc2)C(C)(c2ccc3c(-c4ccccc4)c4ccccc4c(-c4ccccc4)c3c2)CC=C1. The normalized spacial score (nSPS) is 16.9. The van der Waals surface area contributed by atoms with Crippen molar-refractivity contribution in [2.75, 3.05) is 0 Å². The van der Waals surface area contributed by atoms with E-state index in [-0.39, 0.29) is 5.41 Å². The average molecular weight is 553 g/mol. The number of hydrogen-bond acceptors (Lipinski definition) is 0. The van der Waals surface area contributed by atoms with Gasteiger partial charge in [-0.1, -0.05) is 159 Å². The maximum absolute atomic E-state index is 2.51. The minimum atomic E-state index is -0.173. The Hall–Kier alpha value is -4.94. The van der Waals surface area contributed by atoms with Crippen LogP contribution in [-0.2, 0) is 5.41 Å². The number of hydrogen-bond donors (Lipinski definition) is 0. The van der Waals surface area contributed by atoms with Gasteiger partial charge < -0.3 is 0 Å². The van der Waals surface area contributed by atoms with Crippen LogP contribution in [0.4, 0.5) is 0 Å². The Labute approximate surface area is 255 Å². The second-order valence-electron chi connectivity index (χ2n) is 11.8. The predicted molar refractivity (Wildman–Crippen MR) is 186 cm³/mol. The molecule has 1 unspecified atom stereocenters. The second-order valence-corrected chi connectivity index (χ2v) is 11.8. The van der Waals surface area contributed by atoms with Gasteiger partial charge in [0.25, 0.3) is 0 Å². The first-order chi connectivity index (χ1) is 21.2. The molecule has 0 saturated heterocycles. The van der Waals surface area contributed by atoms with Gasteiger partial charge in [0.05, 0.1) is 0 Å². The number of fused-ring (bicyclic) bond motifs is 2. The van der Waals surface area contributed by atoms with E-state index < -0.39 is 0 Å². The van der Waals surface area contributed by atoms with Crippen molar-refractivity contribution in [3.05, 3.63) is 174 Å². The average Bonchev–Trinajstić information content (AvgIpc) is 3.07. The first-order valence-electron chi connectivity index (χ1n) is 15.4. The molecule has 0 N–H and O–H groups in total. The molecule has 43 heavy (non-hydrogen) atoms. The third-order valence-corrected chi connectivity index (χ3v) is 9.14. The standard InChI is InChI=1S/C43H36/c1-3-4-17-33-24-16-29-43(2,42(33)34-22-12-7-13-23-34)35-27-28-38-39(30-35)41(32-20-10-6-11-21-32)37-26-15-14-25-36(37)40(38)31-18-8-5-9-19-31/h3-16,18-28,30H,17,29H2,1-2H3/b4-3-. The first kappa shape index (κ1) is 26.9. The van der Waals surface area contributed by atoms with Crippen LogP contribution in [0.15, 0.2) is 163 Å². The quantitative estimate of drug-likeness (QED) is 0.142. The van der Waals surface area contributed by atoms with Crippen LogP contribution in [0.1, 0.15) is 37.8 Å². The lowest BCUT2D eigenvalue weighted by Crippen LogP contribution is -2.26. The summed E-state index contributed by atoms with van der Waals surface area (Å²) in [5, 5.41) is 5.18. The van der Waals surface area contributed by atoms with Crippen LogP contribution in [0.25, 0.3) is 49.4 Å². The van der Waals surface area contributed by atoms with E-state index in [1.807, 2.05) is 0 Å². The number of rotatable bonds is 6. The molecule has 1 aliphatic rings. The highest BCUT2D eigenvalue weighted by molar-refractivity contribution is 6.21. The van der Waals surface area contributed by atoms with Crippen LogP contribution in [0.5, 0.6) is 0 Å². The fraction of sp³-hybridized carbons (Fsp3) is 0.116. The van der Waals surface area contributed by atoms with Gasteiger partial charge in [-0.15, -0.1) is 0 Å².